The lowest BCUT2D eigenvalue weighted by Crippen LogP contribution is -2.31. The van der Waals surface area contributed by atoms with E-state index in [1.54, 1.807) is 13.3 Å². The van der Waals surface area contributed by atoms with Crippen molar-refractivity contribution in [3.8, 4) is 0 Å². The molecular formula is C26H27N5O3. The Bertz CT molecular complexity index is 1460. The van der Waals surface area contributed by atoms with Crippen molar-refractivity contribution in [2.24, 2.45) is 0 Å². The average Bonchev–Trinajstić information content (AvgIpc) is 3.46. The summed E-state index contributed by atoms with van der Waals surface area (Å²) >= 11 is 0. The monoisotopic (exact) mass is 457 g/mol. The molecule has 1 aliphatic heterocycles. The molecule has 0 fully saturated rings. The number of anilines is 1. The molecule has 174 valence electrons. The Hall–Kier alpha value is -3.88. The largest absolute Gasteiger partial charge is 0.397 e. The minimum absolute atomic E-state index is 0.0841. The Morgan fingerprint density at radius 1 is 1.00 bits per heavy atom. The van der Waals surface area contributed by atoms with Crippen LogP contribution < -0.4 is 11.1 Å². The Balaban J connectivity index is 1.73. The highest BCUT2D eigenvalue weighted by molar-refractivity contribution is 6.50. The number of carbonyl (C=O) groups excluding carboxylic acids is 2. The van der Waals surface area contributed by atoms with Crippen molar-refractivity contribution in [3.05, 3.63) is 66.0 Å². The Labute approximate surface area is 197 Å². The van der Waals surface area contributed by atoms with Crippen LogP contribution in [0, 0.1) is 0 Å². The number of ether oxygens (including phenoxy) is 1. The second kappa shape index (κ2) is 8.48. The van der Waals surface area contributed by atoms with E-state index in [0.717, 1.165) is 28.4 Å². The van der Waals surface area contributed by atoms with Gasteiger partial charge in [-0.05, 0) is 26.2 Å². The number of likely N-dealkylation sites (N-methyl/N-ethyl adjacent to an activating group) is 1. The van der Waals surface area contributed by atoms with E-state index in [0.29, 0.717) is 34.5 Å². The zero-order valence-electron chi connectivity index (χ0n) is 19.4. The quantitative estimate of drug-likeness (QED) is 0.292. The number of hydrogen-bond donors (Lipinski definition) is 3. The first-order valence-electron chi connectivity index (χ1n) is 11.1. The van der Waals surface area contributed by atoms with Gasteiger partial charge in [0.25, 0.3) is 11.8 Å². The molecular weight excluding hydrogens is 430 g/mol. The number of H-pyrrole nitrogens is 1. The van der Waals surface area contributed by atoms with Crippen molar-refractivity contribution in [1.29, 1.82) is 0 Å². The molecule has 4 aromatic rings. The fourth-order valence-corrected chi connectivity index (χ4v) is 4.81. The normalized spacial score (nSPS) is 15.2. The van der Waals surface area contributed by atoms with E-state index in [-0.39, 0.29) is 6.10 Å². The van der Waals surface area contributed by atoms with Gasteiger partial charge in [0.1, 0.15) is 0 Å². The van der Waals surface area contributed by atoms with Crippen LogP contribution in [-0.4, -0.2) is 60.1 Å². The third-order valence-corrected chi connectivity index (χ3v) is 6.29. The van der Waals surface area contributed by atoms with Gasteiger partial charge in [-0.3, -0.25) is 14.9 Å². The summed E-state index contributed by atoms with van der Waals surface area (Å²) in [7, 11) is 5.67. The average molecular weight is 458 g/mol. The van der Waals surface area contributed by atoms with Crippen molar-refractivity contribution >= 4 is 50.5 Å². The van der Waals surface area contributed by atoms with Gasteiger partial charge in [0, 0.05) is 53.5 Å². The number of imide groups is 1. The van der Waals surface area contributed by atoms with Crippen molar-refractivity contribution in [2.45, 2.75) is 12.6 Å². The van der Waals surface area contributed by atoms with Gasteiger partial charge >= 0.3 is 0 Å². The van der Waals surface area contributed by atoms with Crippen LogP contribution in [0.4, 0.5) is 5.69 Å². The molecule has 2 amide bonds. The minimum atomic E-state index is -0.414. The molecule has 2 aromatic heterocycles. The Kier molecular flexibility index (Phi) is 5.47. The first-order valence-corrected chi connectivity index (χ1v) is 11.1. The Morgan fingerprint density at radius 3 is 2.44 bits per heavy atom. The standard InChI is InChI=1S/C26H27N5O3/c1-30(2)12-15(34-3)13-31-14-19(17-8-6-9-20(27)24(17)31)23-22(25(32)29-26(23)33)18-11-28-21-10-5-4-7-16(18)21/h4-11,14-15,28H,12-13,27H2,1-3H3,(H,29,32,33). The van der Waals surface area contributed by atoms with Gasteiger partial charge in [0.2, 0.25) is 0 Å². The number of para-hydroxylation sites is 2. The molecule has 2 aromatic carbocycles. The summed E-state index contributed by atoms with van der Waals surface area (Å²) in [5, 5.41) is 4.20. The zero-order valence-corrected chi connectivity index (χ0v) is 19.4. The van der Waals surface area contributed by atoms with E-state index in [1.165, 1.54) is 0 Å². The number of nitrogens with zero attached hydrogens (tertiary/aromatic N) is 2. The fourth-order valence-electron chi connectivity index (χ4n) is 4.81. The van der Waals surface area contributed by atoms with Gasteiger partial charge in [-0.2, -0.15) is 0 Å². The summed E-state index contributed by atoms with van der Waals surface area (Å²) in [5.74, 6) is -0.819. The molecule has 34 heavy (non-hydrogen) atoms. The van der Waals surface area contributed by atoms with Crippen LogP contribution in [0.1, 0.15) is 11.1 Å². The summed E-state index contributed by atoms with van der Waals surface area (Å²) in [4.78, 5) is 31.4. The van der Waals surface area contributed by atoms with Gasteiger partial charge in [-0.15, -0.1) is 0 Å². The summed E-state index contributed by atoms with van der Waals surface area (Å²) in [6.45, 7) is 1.27. The third-order valence-electron chi connectivity index (χ3n) is 6.29. The number of rotatable bonds is 7. The predicted octanol–water partition coefficient (Wildman–Crippen LogP) is 2.85. The molecule has 0 saturated heterocycles. The lowest BCUT2D eigenvalue weighted by atomic mass is 9.95. The van der Waals surface area contributed by atoms with Gasteiger partial charge in [-0.1, -0.05) is 30.3 Å². The molecule has 5 rings (SSSR count). The molecule has 3 heterocycles. The van der Waals surface area contributed by atoms with Gasteiger partial charge in [0.05, 0.1) is 35.0 Å². The first kappa shape index (κ1) is 21.9. The highest BCUT2D eigenvalue weighted by Gasteiger charge is 2.35. The number of methoxy groups -OCH3 is 1. The number of nitrogens with one attached hydrogen (secondary N) is 2. The van der Waals surface area contributed by atoms with Crippen LogP contribution in [0.2, 0.25) is 0 Å². The van der Waals surface area contributed by atoms with E-state index in [1.807, 2.05) is 67.3 Å². The third kappa shape index (κ3) is 3.57. The second-order valence-corrected chi connectivity index (χ2v) is 8.84. The molecule has 8 heteroatoms. The molecule has 0 spiro atoms. The van der Waals surface area contributed by atoms with E-state index in [4.69, 9.17) is 10.5 Å². The van der Waals surface area contributed by atoms with E-state index in [2.05, 4.69) is 15.2 Å². The van der Waals surface area contributed by atoms with Crippen LogP contribution in [0.5, 0.6) is 0 Å². The summed E-state index contributed by atoms with van der Waals surface area (Å²) < 4.78 is 7.72. The van der Waals surface area contributed by atoms with E-state index < -0.39 is 11.8 Å². The van der Waals surface area contributed by atoms with Gasteiger partial charge in [0.15, 0.2) is 0 Å². The van der Waals surface area contributed by atoms with Crippen molar-refractivity contribution in [3.63, 3.8) is 0 Å². The maximum Gasteiger partial charge on any atom is 0.259 e. The number of carbonyl (C=O) groups is 2. The molecule has 8 nitrogen and oxygen atoms in total. The van der Waals surface area contributed by atoms with Crippen LogP contribution in [0.3, 0.4) is 0 Å². The van der Waals surface area contributed by atoms with E-state index >= 15 is 0 Å². The Morgan fingerprint density at radius 2 is 1.71 bits per heavy atom. The number of aromatic amines is 1. The smallest absolute Gasteiger partial charge is 0.259 e. The van der Waals surface area contributed by atoms with Crippen molar-refractivity contribution in [1.82, 2.24) is 19.8 Å². The van der Waals surface area contributed by atoms with Crippen LogP contribution in [0.25, 0.3) is 33.0 Å². The molecule has 0 aliphatic carbocycles. The SMILES string of the molecule is COC(CN(C)C)Cn1cc(C2=C(c3c[nH]c4ccccc34)C(=O)NC2=O)c2cccc(N)c21. The molecule has 1 aliphatic rings. The summed E-state index contributed by atoms with van der Waals surface area (Å²) in [5.41, 5.74) is 10.8. The fraction of sp³-hybridized carbons (Fsp3) is 0.231. The highest BCUT2D eigenvalue weighted by Crippen LogP contribution is 2.39. The minimum Gasteiger partial charge on any atom is -0.397 e. The lowest BCUT2D eigenvalue weighted by molar-refractivity contribution is -0.122. The number of nitrogens with two attached hydrogens (primary N) is 1. The lowest BCUT2D eigenvalue weighted by Gasteiger charge is -2.21. The summed E-state index contributed by atoms with van der Waals surface area (Å²) in [6.07, 6.45) is 3.61. The number of amides is 2. The van der Waals surface area contributed by atoms with Gasteiger partial charge in [-0.25, -0.2) is 0 Å². The number of fused-ring (bicyclic) bond motifs is 2. The summed E-state index contributed by atoms with van der Waals surface area (Å²) in [6, 6.07) is 13.3. The van der Waals surface area contributed by atoms with Crippen molar-refractivity contribution in [2.75, 3.05) is 33.5 Å². The van der Waals surface area contributed by atoms with Gasteiger partial charge < -0.3 is 24.9 Å². The molecule has 0 radical (unpaired) electrons. The number of nitrogen functional groups attached to an aromatic ring is 1. The van der Waals surface area contributed by atoms with Crippen LogP contribution >= 0.6 is 0 Å². The topological polar surface area (TPSA) is 105 Å². The van der Waals surface area contributed by atoms with Crippen LogP contribution in [0.15, 0.2) is 54.9 Å². The maximum atomic E-state index is 13.1. The number of aromatic nitrogens is 2. The number of hydrogen-bond acceptors (Lipinski definition) is 5. The van der Waals surface area contributed by atoms with Crippen LogP contribution in [-0.2, 0) is 20.9 Å². The molecule has 1 atom stereocenters. The molecule has 1 unspecified atom stereocenters. The highest BCUT2D eigenvalue weighted by atomic mass is 16.5. The second-order valence-electron chi connectivity index (χ2n) is 8.84. The van der Waals surface area contributed by atoms with Crippen molar-refractivity contribution < 1.29 is 14.3 Å². The number of benzene rings is 2. The maximum absolute atomic E-state index is 13.1. The van der Waals surface area contributed by atoms with E-state index in [9.17, 15) is 9.59 Å². The zero-order chi connectivity index (χ0) is 24.0. The molecule has 0 bridgehead atoms. The molecule has 4 N–H and O–H groups in total. The predicted molar refractivity (Wildman–Crippen MR) is 134 cm³/mol. The molecule has 0 saturated carbocycles. The first-order chi connectivity index (χ1) is 16.4.